The number of hydrogen-bond donors (Lipinski definition) is 2. The number of H-pyrrole nitrogens is 2. The first-order valence-corrected chi connectivity index (χ1v) is 23.1. The highest BCUT2D eigenvalue weighted by Gasteiger charge is 2.39. The topological polar surface area (TPSA) is 246 Å². The van der Waals surface area contributed by atoms with Gasteiger partial charge in [0.15, 0.2) is 0 Å². The van der Waals surface area contributed by atoms with Crippen LogP contribution in [-0.4, -0.2) is 95.6 Å². The smallest absolute Gasteiger partial charge is 0.294 e. The molecule has 20 nitrogen and oxygen atoms in total. The van der Waals surface area contributed by atoms with Crippen molar-refractivity contribution in [2.24, 2.45) is 0 Å². The van der Waals surface area contributed by atoms with Crippen LogP contribution in [0.1, 0.15) is 76.8 Å². The lowest BCUT2D eigenvalue weighted by molar-refractivity contribution is 0.0591. The molecule has 24 heteroatoms. The fourth-order valence-electron chi connectivity index (χ4n) is 9.61. The average molecular weight is 1020 g/mol. The van der Waals surface area contributed by atoms with E-state index in [0.29, 0.717) is 65.6 Å². The van der Waals surface area contributed by atoms with Gasteiger partial charge in [-0.3, -0.25) is 67.0 Å². The second-order valence-corrected chi connectivity index (χ2v) is 18.8. The molecule has 0 fully saturated rings. The number of carbonyl (C=O) groups excluding carboxylic acids is 4. The first-order chi connectivity index (χ1) is 33.5. The lowest BCUT2D eigenvalue weighted by Crippen LogP contribution is -2.41. The number of hydrogen-bond acceptors (Lipinski definition) is 12. The predicted molar refractivity (Wildman–Crippen MR) is 258 cm³/mol. The summed E-state index contributed by atoms with van der Waals surface area (Å²) in [5.74, 6) is -2.40. The van der Waals surface area contributed by atoms with Gasteiger partial charge in [-0.15, -0.1) is 10.2 Å². The van der Waals surface area contributed by atoms with E-state index in [9.17, 15) is 38.4 Å². The molecule has 9 aromatic rings. The number of nitrogens with one attached hydrogen (secondary N) is 2. The molecule has 11 rings (SSSR count). The van der Waals surface area contributed by atoms with Crippen LogP contribution in [0.5, 0.6) is 0 Å². The zero-order valence-electron chi connectivity index (χ0n) is 36.5. The van der Waals surface area contributed by atoms with Crippen LogP contribution in [0.25, 0.3) is 43.1 Å². The Hall–Kier alpha value is -7.52. The van der Waals surface area contributed by atoms with Gasteiger partial charge < -0.3 is 0 Å². The number of benzene rings is 5. The number of fused-ring (bicyclic) bond motifs is 2. The molecule has 0 spiro atoms. The van der Waals surface area contributed by atoms with Crippen LogP contribution in [0, 0.1) is 13.8 Å². The van der Waals surface area contributed by atoms with Crippen molar-refractivity contribution in [2.45, 2.75) is 52.9 Å². The van der Waals surface area contributed by atoms with Gasteiger partial charge in [-0.05, 0) is 51.0 Å². The van der Waals surface area contributed by atoms with Gasteiger partial charge in [0.25, 0.3) is 34.7 Å². The van der Waals surface area contributed by atoms with E-state index in [1.165, 1.54) is 55.2 Å². The number of carbonyl (C=O) groups is 4. The Kier molecular flexibility index (Phi) is 10.6. The van der Waals surface area contributed by atoms with Crippen LogP contribution in [0.3, 0.4) is 0 Å². The van der Waals surface area contributed by atoms with Gasteiger partial charge in [-0.25, -0.2) is 9.59 Å². The third kappa shape index (κ3) is 7.03. The molecule has 0 bridgehead atoms. The van der Waals surface area contributed by atoms with Gasteiger partial charge in [-0.1, -0.05) is 56.8 Å². The fraction of sp³-hybridized carbons (Fsp3) is 0.217. The number of aromatic nitrogens is 10. The number of amides is 4. The van der Waals surface area contributed by atoms with E-state index in [4.69, 9.17) is 46.4 Å². The lowest BCUT2D eigenvalue weighted by atomic mass is 9.82. The molecule has 2 N–H and O–H groups in total. The number of nitrogens with zero attached hydrogens (tertiary/aromatic N) is 10. The monoisotopic (exact) mass is 1020 g/mol. The largest absolute Gasteiger partial charge is 0.328 e. The van der Waals surface area contributed by atoms with Crippen LogP contribution in [0.2, 0.25) is 20.1 Å². The SMILES string of the molecule is Cc1cn(Cc2cn(CCCN3C(=O)c4cc(Cl)c5c6c(Cl)cc7c8c(cc(Cl)c(c9c(Cl)cc(c4c59)C3=O)c86)C(=O)N(CCCn3cc(Cn4cc(C)c(=O)[nH]c4=O)nn3)C7=O)nn2)c(=O)[nH]c1=O. The van der Waals surface area contributed by atoms with Crippen LogP contribution in [0.4, 0.5) is 0 Å². The number of halogens is 4. The minimum Gasteiger partial charge on any atom is -0.294 e. The van der Waals surface area contributed by atoms with Crippen molar-refractivity contribution in [1.29, 1.82) is 0 Å². The summed E-state index contributed by atoms with van der Waals surface area (Å²) >= 11 is 28.6. The molecular formula is C46H32Cl4N12O8. The Balaban J connectivity index is 0.884. The fourth-order valence-corrected chi connectivity index (χ4v) is 10.8. The molecule has 4 amide bonds. The van der Waals surface area contributed by atoms with E-state index in [1.54, 1.807) is 26.2 Å². The van der Waals surface area contributed by atoms with E-state index in [2.05, 4.69) is 30.6 Å². The number of rotatable bonds is 12. The van der Waals surface area contributed by atoms with Gasteiger partial charge >= 0.3 is 11.4 Å². The highest BCUT2D eigenvalue weighted by molar-refractivity contribution is 6.56. The van der Waals surface area contributed by atoms with Crippen molar-refractivity contribution in [3.05, 3.63) is 156 Å². The molecule has 352 valence electrons. The van der Waals surface area contributed by atoms with E-state index >= 15 is 0 Å². The summed E-state index contributed by atoms with van der Waals surface area (Å²) < 4.78 is 5.65. The first-order valence-electron chi connectivity index (χ1n) is 21.6. The molecule has 2 aliphatic heterocycles. The van der Waals surface area contributed by atoms with Gasteiger partial charge in [-0.2, -0.15) is 0 Å². The Bertz CT molecular complexity index is 3700. The number of aryl methyl sites for hydroxylation is 4. The molecule has 0 atom stereocenters. The molecule has 0 unspecified atom stereocenters. The predicted octanol–water partition coefficient (Wildman–Crippen LogP) is 5.32. The van der Waals surface area contributed by atoms with Crippen LogP contribution in [0.15, 0.2) is 68.2 Å². The van der Waals surface area contributed by atoms with Crippen LogP contribution < -0.4 is 22.5 Å². The highest BCUT2D eigenvalue weighted by Crippen LogP contribution is 2.53. The highest BCUT2D eigenvalue weighted by atomic mass is 35.5. The van der Waals surface area contributed by atoms with Gasteiger partial charge in [0, 0.05) is 113 Å². The molecule has 0 radical (unpaired) electrons. The maximum Gasteiger partial charge on any atom is 0.328 e. The standard InChI is InChI=1S/C46H32Cl4N12O8/c1-19-13-57(45(69)51-39(19)63)15-21-17-59(55-53-21)5-3-7-61-41(65)23-9-27(47)33-35-29(49)11-25-32-26(12-30(50)36(38(32)35)34-28(48)10-24(42(61)66)31(23)37(33)34)44(68)62(43(25)67)8-4-6-60-18-22(54-56-60)16-58-14-20(2)40(64)52-46(58)70/h9-14,17-18H,3-8,15-16H2,1-2H3,(H,51,63,69)(H,52,64,70). The van der Waals surface area contributed by atoms with Crippen molar-refractivity contribution in [1.82, 2.24) is 58.9 Å². The maximum absolute atomic E-state index is 14.3. The molecule has 70 heavy (non-hydrogen) atoms. The molecule has 0 aliphatic carbocycles. The first kappa shape index (κ1) is 45.0. The summed E-state index contributed by atoms with van der Waals surface area (Å²) in [6, 6.07) is 5.91. The second-order valence-electron chi connectivity index (χ2n) is 17.2. The van der Waals surface area contributed by atoms with Crippen molar-refractivity contribution >= 4 is 113 Å². The van der Waals surface area contributed by atoms with E-state index in [0.717, 1.165) is 9.80 Å². The van der Waals surface area contributed by atoms with Crippen LogP contribution >= 0.6 is 46.4 Å². The average Bonchev–Trinajstić information content (AvgIpc) is 3.97. The van der Waals surface area contributed by atoms with Gasteiger partial charge in [0.1, 0.15) is 11.4 Å². The molecule has 0 saturated heterocycles. The maximum atomic E-state index is 14.3. The van der Waals surface area contributed by atoms with Crippen LogP contribution in [-0.2, 0) is 26.2 Å². The third-order valence-electron chi connectivity index (χ3n) is 12.8. The third-order valence-corrected chi connectivity index (χ3v) is 14.0. The molecule has 0 saturated carbocycles. The summed E-state index contributed by atoms with van der Waals surface area (Å²) in [6.07, 6.45) is 6.68. The normalized spacial score (nSPS) is 13.7. The lowest BCUT2D eigenvalue weighted by Gasteiger charge is -2.31. The van der Waals surface area contributed by atoms with Crippen molar-refractivity contribution in [3.8, 4) is 0 Å². The Labute approximate surface area is 410 Å². The van der Waals surface area contributed by atoms with Crippen molar-refractivity contribution < 1.29 is 19.2 Å². The minimum absolute atomic E-state index is 0.0142. The molecule has 5 aromatic carbocycles. The van der Waals surface area contributed by atoms with Crippen molar-refractivity contribution in [2.75, 3.05) is 13.1 Å². The second kappa shape index (κ2) is 16.6. The quantitative estimate of drug-likeness (QED) is 0.0897. The van der Waals surface area contributed by atoms with Gasteiger partial charge in [0.2, 0.25) is 0 Å². The van der Waals surface area contributed by atoms with E-state index in [1.807, 2.05) is 0 Å². The Morgan fingerprint density at radius 3 is 1.10 bits per heavy atom. The van der Waals surface area contributed by atoms with Crippen molar-refractivity contribution in [3.63, 3.8) is 0 Å². The zero-order chi connectivity index (χ0) is 49.2. The summed E-state index contributed by atoms with van der Waals surface area (Å²) in [5, 5.41) is 19.6. The molecule has 2 aliphatic rings. The summed E-state index contributed by atoms with van der Waals surface area (Å²) in [6.45, 7) is 3.76. The Morgan fingerprint density at radius 2 is 0.771 bits per heavy atom. The minimum atomic E-state index is -0.599. The van der Waals surface area contributed by atoms with Gasteiger partial charge in [0.05, 0.1) is 47.7 Å². The summed E-state index contributed by atoms with van der Waals surface area (Å²) in [4.78, 5) is 112. The number of aromatic amines is 2. The van der Waals surface area contributed by atoms with E-state index < -0.39 is 46.1 Å². The molecule has 4 aromatic heterocycles. The Morgan fingerprint density at radius 1 is 0.443 bits per heavy atom. The molecule has 6 heterocycles. The zero-order valence-corrected chi connectivity index (χ0v) is 39.5. The number of imide groups is 2. The van der Waals surface area contributed by atoms with E-state index in [-0.39, 0.29) is 94.5 Å². The molecular weight excluding hydrogens is 990 g/mol. The summed E-state index contributed by atoms with van der Waals surface area (Å²) in [5.41, 5.74) is 0.0543. The summed E-state index contributed by atoms with van der Waals surface area (Å²) in [7, 11) is 0.